The van der Waals surface area contributed by atoms with Crippen LogP contribution in [0.3, 0.4) is 0 Å². The van der Waals surface area contributed by atoms with Gasteiger partial charge in [-0.25, -0.2) is 0 Å². The summed E-state index contributed by atoms with van der Waals surface area (Å²) in [5, 5.41) is 0.880. The number of thiophene rings is 1. The normalized spacial score (nSPS) is 29.7. The Labute approximate surface area is 191 Å². The number of rotatable bonds is 6. The zero-order chi connectivity index (χ0) is 21.8. The molecule has 2 bridgehead atoms. The van der Waals surface area contributed by atoms with Gasteiger partial charge >= 0.3 is 0 Å². The highest BCUT2D eigenvalue weighted by Gasteiger charge is 2.58. The first-order valence-corrected chi connectivity index (χ1v) is 12.6. The summed E-state index contributed by atoms with van der Waals surface area (Å²) in [6, 6.07) is 7.73. The van der Waals surface area contributed by atoms with Crippen molar-refractivity contribution in [1.82, 2.24) is 9.80 Å². The molecule has 0 N–H and O–H groups in total. The van der Waals surface area contributed by atoms with Crippen molar-refractivity contribution in [1.29, 1.82) is 0 Å². The molecule has 1 aromatic carbocycles. The van der Waals surface area contributed by atoms with E-state index in [2.05, 4.69) is 28.0 Å². The van der Waals surface area contributed by atoms with Crippen molar-refractivity contribution in [2.75, 3.05) is 44.2 Å². The lowest BCUT2D eigenvalue weighted by Gasteiger charge is -2.36. The van der Waals surface area contributed by atoms with Gasteiger partial charge in [-0.15, -0.1) is 11.3 Å². The van der Waals surface area contributed by atoms with E-state index >= 15 is 0 Å². The van der Waals surface area contributed by atoms with Crippen LogP contribution in [0.2, 0.25) is 0 Å². The second-order valence-electron chi connectivity index (χ2n) is 9.60. The minimum Gasteiger partial charge on any atom is -0.368 e. The van der Waals surface area contributed by atoms with Crippen molar-refractivity contribution in [2.45, 2.75) is 19.3 Å². The van der Waals surface area contributed by atoms with Crippen molar-refractivity contribution < 1.29 is 14.0 Å². The van der Waals surface area contributed by atoms with Gasteiger partial charge < -0.3 is 4.90 Å². The maximum absolute atomic E-state index is 13.7. The van der Waals surface area contributed by atoms with E-state index in [4.69, 9.17) is 0 Å². The number of unbranched alkanes of at least 4 members (excludes halogenated alkanes) is 1. The molecule has 1 aromatic heterocycles. The van der Waals surface area contributed by atoms with Crippen molar-refractivity contribution >= 4 is 38.9 Å². The topological polar surface area (TPSA) is 43.9 Å². The monoisotopic (exact) mass is 453 g/mol. The summed E-state index contributed by atoms with van der Waals surface area (Å²) in [7, 11) is 0. The number of hydrogen-bond acceptors (Lipinski definition) is 5. The smallest absolute Gasteiger partial charge is 0.233 e. The van der Waals surface area contributed by atoms with Crippen molar-refractivity contribution in [3.63, 3.8) is 0 Å². The molecule has 4 aliphatic rings. The fraction of sp³-hybridized carbons (Fsp3) is 0.520. The number of anilines is 1. The Morgan fingerprint density at radius 3 is 2.34 bits per heavy atom. The summed E-state index contributed by atoms with van der Waals surface area (Å²) in [5.41, 5.74) is 1.13. The number of carbonyl (C=O) groups excluding carboxylic acids is 2. The molecular weight excluding hydrogens is 425 g/mol. The quantitative estimate of drug-likeness (QED) is 0.380. The fourth-order valence-electron chi connectivity index (χ4n) is 6.29. The number of piperazine rings is 1. The fourth-order valence-corrected chi connectivity index (χ4v) is 7.10. The van der Waals surface area contributed by atoms with Gasteiger partial charge in [0.25, 0.3) is 0 Å². The number of allylic oxidation sites excluding steroid dienone is 2. The molecule has 32 heavy (non-hydrogen) atoms. The molecule has 3 heterocycles. The van der Waals surface area contributed by atoms with Gasteiger partial charge in [0.2, 0.25) is 11.8 Å². The van der Waals surface area contributed by atoms with Crippen LogP contribution in [0.4, 0.5) is 10.1 Å². The Hall–Kier alpha value is -2.25. The number of benzene rings is 1. The summed E-state index contributed by atoms with van der Waals surface area (Å²) >= 11 is 1.20. The Kier molecular flexibility index (Phi) is 5.06. The van der Waals surface area contributed by atoms with Crippen LogP contribution >= 0.6 is 11.3 Å². The van der Waals surface area contributed by atoms with Gasteiger partial charge in [-0.05, 0) is 55.8 Å². The first-order valence-electron chi connectivity index (χ1n) is 11.8. The average molecular weight is 454 g/mol. The minimum atomic E-state index is -0.131. The summed E-state index contributed by atoms with van der Waals surface area (Å²) in [6.45, 7) is 5.36. The second kappa shape index (κ2) is 7.96. The number of halogens is 1. The van der Waals surface area contributed by atoms with E-state index in [1.165, 1.54) is 11.3 Å². The molecule has 2 aliphatic heterocycles. The van der Waals surface area contributed by atoms with E-state index in [0.29, 0.717) is 18.4 Å². The number of nitrogens with zero attached hydrogens (tertiary/aromatic N) is 3. The third-order valence-electron chi connectivity index (χ3n) is 7.89. The van der Waals surface area contributed by atoms with E-state index in [0.717, 1.165) is 67.8 Å². The molecule has 5 nitrogen and oxygen atoms in total. The van der Waals surface area contributed by atoms with Crippen molar-refractivity contribution in [2.24, 2.45) is 23.7 Å². The van der Waals surface area contributed by atoms with E-state index in [1.54, 1.807) is 11.0 Å². The highest BCUT2D eigenvalue weighted by Crippen LogP contribution is 2.52. The van der Waals surface area contributed by atoms with Gasteiger partial charge in [-0.1, -0.05) is 18.2 Å². The Morgan fingerprint density at radius 1 is 0.938 bits per heavy atom. The lowest BCUT2D eigenvalue weighted by molar-refractivity contribution is -0.140. The van der Waals surface area contributed by atoms with E-state index in [-0.39, 0.29) is 28.8 Å². The zero-order valence-corrected chi connectivity index (χ0v) is 18.9. The molecule has 2 saturated heterocycles. The molecule has 2 amide bonds. The SMILES string of the molecule is O=C1[C@@H]2[C@H](C(=O)N1CCCCN1CCN(c3cccc4sc(F)cc34)CC1)[C@H]1C=C[C@@H]2C1. The molecule has 3 fully saturated rings. The Balaban J connectivity index is 0.978. The Bertz CT molecular complexity index is 1060. The van der Waals surface area contributed by atoms with Crippen molar-refractivity contribution in [3.8, 4) is 0 Å². The predicted molar refractivity (Wildman–Crippen MR) is 124 cm³/mol. The van der Waals surface area contributed by atoms with Crippen LogP contribution in [0.25, 0.3) is 10.1 Å². The molecule has 6 rings (SSSR count). The molecule has 4 atom stereocenters. The van der Waals surface area contributed by atoms with Crippen LogP contribution in [-0.2, 0) is 9.59 Å². The van der Waals surface area contributed by atoms with Crippen LogP contribution in [0.5, 0.6) is 0 Å². The third kappa shape index (κ3) is 3.28. The number of fused-ring (bicyclic) bond motifs is 6. The molecule has 0 unspecified atom stereocenters. The van der Waals surface area contributed by atoms with Crippen LogP contribution < -0.4 is 4.90 Å². The predicted octanol–water partition coefficient (Wildman–Crippen LogP) is 3.75. The first-order chi connectivity index (χ1) is 15.6. The summed E-state index contributed by atoms with van der Waals surface area (Å²) < 4.78 is 14.7. The van der Waals surface area contributed by atoms with Crippen LogP contribution in [0, 0.1) is 28.8 Å². The van der Waals surface area contributed by atoms with Gasteiger partial charge in [-0.3, -0.25) is 19.4 Å². The first kappa shape index (κ1) is 20.4. The van der Waals surface area contributed by atoms with Crippen LogP contribution in [-0.4, -0.2) is 60.9 Å². The molecule has 2 aromatic rings. The van der Waals surface area contributed by atoms with Gasteiger partial charge in [0.1, 0.15) is 0 Å². The zero-order valence-electron chi connectivity index (χ0n) is 18.1. The second-order valence-corrected chi connectivity index (χ2v) is 10.6. The number of imide groups is 1. The molecule has 0 spiro atoms. The molecule has 0 radical (unpaired) electrons. The summed E-state index contributed by atoms with van der Waals surface area (Å²) in [5.74, 6) is 0.575. The summed E-state index contributed by atoms with van der Waals surface area (Å²) in [6.07, 6.45) is 7.14. The van der Waals surface area contributed by atoms with Crippen molar-refractivity contribution in [3.05, 3.63) is 41.5 Å². The van der Waals surface area contributed by atoms with Gasteiger partial charge in [0.05, 0.1) is 11.8 Å². The molecule has 7 heteroatoms. The van der Waals surface area contributed by atoms with E-state index in [9.17, 15) is 14.0 Å². The minimum absolute atomic E-state index is 0.0736. The largest absolute Gasteiger partial charge is 0.368 e. The van der Waals surface area contributed by atoms with Gasteiger partial charge in [0.15, 0.2) is 5.13 Å². The maximum atomic E-state index is 13.7. The average Bonchev–Trinajstić information content (AvgIpc) is 3.55. The number of amides is 2. The number of carbonyl (C=O) groups is 2. The summed E-state index contributed by atoms with van der Waals surface area (Å²) in [4.78, 5) is 31.9. The highest BCUT2D eigenvalue weighted by molar-refractivity contribution is 7.17. The third-order valence-corrected chi connectivity index (χ3v) is 8.78. The molecular formula is C25H28FN3O2S. The standard InChI is InChI=1S/C25H28FN3O2S/c26-21-15-18-19(4-3-5-20(18)32-21)28-12-10-27(11-13-28)8-1-2-9-29-24(30)22-16-6-7-17(14-16)23(22)25(29)31/h3-7,15-17,22-23H,1-2,8-14H2/t16-,17+,22+,23-. The molecule has 1 saturated carbocycles. The van der Waals surface area contributed by atoms with E-state index < -0.39 is 0 Å². The lowest BCUT2D eigenvalue weighted by Crippen LogP contribution is -2.46. The van der Waals surface area contributed by atoms with Crippen LogP contribution in [0.15, 0.2) is 36.4 Å². The highest BCUT2D eigenvalue weighted by atomic mass is 32.1. The van der Waals surface area contributed by atoms with E-state index in [1.807, 2.05) is 12.1 Å². The van der Waals surface area contributed by atoms with Crippen LogP contribution in [0.1, 0.15) is 19.3 Å². The molecule has 2 aliphatic carbocycles. The molecule has 168 valence electrons. The van der Waals surface area contributed by atoms with Gasteiger partial charge in [-0.2, -0.15) is 4.39 Å². The Morgan fingerprint density at radius 2 is 1.62 bits per heavy atom. The van der Waals surface area contributed by atoms with Gasteiger partial charge in [0, 0.05) is 48.5 Å². The number of likely N-dealkylation sites (tertiary alicyclic amines) is 1. The maximum Gasteiger partial charge on any atom is 0.233 e. The number of hydrogen-bond donors (Lipinski definition) is 0. The lowest BCUT2D eigenvalue weighted by atomic mass is 9.85.